The summed E-state index contributed by atoms with van der Waals surface area (Å²) < 4.78 is 2.75. The second-order valence-electron chi connectivity index (χ2n) is 5.60. The van der Waals surface area contributed by atoms with Gasteiger partial charge in [0.2, 0.25) is 0 Å². The molecular formula is C15H14BrN3O2. The summed E-state index contributed by atoms with van der Waals surface area (Å²) in [5, 5.41) is 10.7. The first kappa shape index (κ1) is 13.0. The lowest BCUT2D eigenvalue weighted by atomic mass is 10.1. The molecule has 0 bridgehead atoms. The number of benzene rings is 1. The molecule has 0 saturated heterocycles. The highest BCUT2D eigenvalue weighted by Crippen LogP contribution is 2.33. The summed E-state index contributed by atoms with van der Waals surface area (Å²) in [4.78, 5) is 19.6. The lowest BCUT2D eigenvalue weighted by Crippen LogP contribution is -2.21. The van der Waals surface area contributed by atoms with E-state index in [1.54, 1.807) is 10.8 Å². The van der Waals surface area contributed by atoms with E-state index < -0.39 is 0 Å². The molecule has 3 aromatic rings. The standard InChI is InChI=1S/C15H14BrN3O2/c16-8-1-4-12-11(5-8)14-13(7-17-12)18-15(21)19(14)9-2-3-10(20)6-9/h1,4-5,7,9-10,20H,2-3,6H2,(H,18,21). The van der Waals surface area contributed by atoms with Crippen LogP contribution in [0.3, 0.4) is 0 Å². The molecule has 1 aliphatic rings. The van der Waals surface area contributed by atoms with Crippen molar-refractivity contribution in [3.05, 3.63) is 39.4 Å². The third kappa shape index (κ3) is 2.01. The molecule has 2 heterocycles. The summed E-state index contributed by atoms with van der Waals surface area (Å²) in [5.74, 6) is 0. The summed E-state index contributed by atoms with van der Waals surface area (Å²) >= 11 is 3.48. The van der Waals surface area contributed by atoms with Crippen LogP contribution in [0.25, 0.3) is 21.9 Å². The van der Waals surface area contributed by atoms with Gasteiger partial charge >= 0.3 is 5.69 Å². The summed E-state index contributed by atoms with van der Waals surface area (Å²) in [7, 11) is 0. The average molecular weight is 348 g/mol. The first-order chi connectivity index (χ1) is 10.1. The summed E-state index contributed by atoms with van der Waals surface area (Å²) in [6.45, 7) is 0. The summed E-state index contributed by atoms with van der Waals surface area (Å²) in [5.41, 5.74) is 2.35. The highest BCUT2D eigenvalue weighted by molar-refractivity contribution is 9.10. The van der Waals surface area contributed by atoms with Gasteiger partial charge in [0.15, 0.2) is 0 Å². The van der Waals surface area contributed by atoms with Gasteiger partial charge in [-0.2, -0.15) is 0 Å². The maximum atomic E-state index is 12.3. The molecule has 5 nitrogen and oxygen atoms in total. The fraction of sp³-hybridized carbons (Fsp3) is 0.333. The molecule has 4 rings (SSSR count). The van der Waals surface area contributed by atoms with Crippen LogP contribution in [0.5, 0.6) is 0 Å². The fourth-order valence-electron chi connectivity index (χ4n) is 3.30. The number of hydrogen-bond donors (Lipinski definition) is 2. The maximum absolute atomic E-state index is 12.3. The Bertz CT molecular complexity index is 899. The molecule has 2 unspecified atom stereocenters. The van der Waals surface area contributed by atoms with Gasteiger partial charge in [-0.1, -0.05) is 15.9 Å². The van der Waals surface area contributed by atoms with Gasteiger partial charge in [-0.15, -0.1) is 0 Å². The zero-order chi connectivity index (χ0) is 14.6. The summed E-state index contributed by atoms with van der Waals surface area (Å²) in [6.07, 6.45) is 3.59. The first-order valence-electron chi connectivity index (χ1n) is 7.00. The van der Waals surface area contributed by atoms with Gasteiger partial charge in [-0.05, 0) is 37.5 Å². The van der Waals surface area contributed by atoms with E-state index in [1.807, 2.05) is 18.2 Å². The number of aliphatic hydroxyl groups excluding tert-OH is 1. The zero-order valence-corrected chi connectivity index (χ0v) is 12.8. The van der Waals surface area contributed by atoms with Crippen molar-refractivity contribution < 1.29 is 5.11 Å². The second-order valence-corrected chi connectivity index (χ2v) is 6.52. The molecule has 0 spiro atoms. The van der Waals surface area contributed by atoms with E-state index in [1.165, 1.54) is 0 Å². The van der Waals surface area contributed by atoms with Gasteiger partial charge in [0.25, 0.3) is 0 Å². The predicted octanol–water partition coefficient (Wildman–Crippen LogP) is 2.73. The quantitative estimate of drug-likeness (QED) is 0.710. The monoisotopic (exact) mass is 347 g/mol. The number of fused-ring (bicyclic) bond motifs is 3. The van der Waals surface area contributed by atoms with Crippen LogP contribution in [0, 0.1) is 0 Å². The number of aromatic amines is 1. The van der Waals surface area contributed by atoms with Crippen molar-refractivity contribution in [2.45, 2.75) is 31.4 Å². The van der Waals surface area contributed by atoms with Crippen LogP contribution < -0.4 is 5.69 Å². The van der Waals surface area contributed by atoms with Crippen LogP contribution in [0.2, 0.25) is 0 Å². The Morgan fingerprint density at radius 3 is 3.00 bits per heavy atom. The molecule has 2 N–H and O–H groups in total. The molecule has 1 aromatic carbocycles. The fourth-order valence-corrected chi connectivity index (χ4v) is 3.66. The molecule has 0 amide bonds. The van der Waals surface area contributed by atoms with E-state index >= 15 is 0 Å². The summed E-state index contributed by atoms with van der Waals surface area (Å²) in [6, 6.07) is 5.91. The Morgan fingerprint density at radius 2 is 2.24 bits per heavy atom. The van der Waals surface area contributed by atoms with E-state index in [4.69, 9.17) is 0 Å². The zero-order valence-electron chi connectivity index (χ0n) is 11.2. The topological polar surface area (TPSA) is 70.9 Å². The number of nitrogens with zero attached hydrogens (tertiary/aromatic N) is 2. The van der Waals surface area contributed by atoms with E-state index in [9.17, 15) is 9.90 Å². The first-order valence-corrected chi connectivity index (χ1v) is 7.79. The lowest BCUT2D eigenvalue weighted by molar-refractivity contribution is 0.178. The number of pyridine rings is 1. The van der Waals surface area contributed by atoms with Gasteiger partial charge in [-0.3, -0.25) is 9.55 Å². The van der Waals surface area contributed by atoms with Crippen molar-refractivity contribution in [1.29, 1.82) is 0 Å². The molecule has 0 radical (unpaired) electrons. The van der Waals surface area contributed by atoms with Crippen LogP contribution in [-0.4, -0.2) is 25.7 Å². The number of H-pyrrole nitrogens is 1. The number of halogens is 1. The van der Waals surface area contributed by atoms with Crippen molar-refractivity contribution in [2.75, 3.05) is 0 Å². The van der Waals surface area contributed by atoms with E-state index in [0.717, 1.165) is 39.3 Å². The number of imidazole rings is 1. The second kappa shape index (κ2) is 4.68. The SMILES string of the molecule is O=c1[nH]c2cnc3ccc(Br)cc3c2n1C1CCC(O)C1. The number of aliphatic hydroxyl groups is 1. The van der Waals surface area contributed by atoms with E-state index in [0.29, 0.717) is 6.42 Å². The molecule has 0 aliphatic heterocycles. The molecule has 1 fully saturated rings. The molecule has 21 heavy (non-hydrogen) atoms. The van der Waals surface area contributed by atoms with Gasteiger partial charge in [0, 0.05) is 15.9 Å². The van der Waals surface area contributed by atoms with Crippen molar-refractivity contribution in [3.63, 3.8) is 0 Å². The third-order valence-electron chi connectivity index (χ3n) is 4.25. The minimum absolute atomic E-state index is 0.0471. The number of nitrogens with one attached hydrogen (secondary N) is 1. The number of aromatic nitrogens is 3. The van der Waals surface area contributed by atoms with E-state index in [2.05, 4.69) is 25.9 Å². The van der Waals surface area contributed by atoms with Gasteiger partial charge in [0.05, 0.1) is 28.9 Å². The molecule has 2 aromatic heterocycles. The molecule has 2 atom stereocenters. The Balaban J connectivity index is 2.07. The molecule has 1 aliphatic carbocycles. The van der Waals surface area contributed by atoms with Gasteiger partial charge in [-0.25, -0.2) is 4.79 Å². The van der Waals surface area contributed by atoms with E-state index in [-0.39, 0.29) is 17.8 Å². The minimum Gasteiger partial charge on any atom is -0.393 e. The predicted molar refractivity (Wildman–Crippen MR) is 84.5 cm³/mol. The molecule has 108 valence electrons. The van der Waals surface area contributed by atoms with Crippen LogP contribution in [-0.2, 0) is 0 Å². The minimum atomic E-state index is -0.313. The van der Waals surface area contributed by atoms with Crippen LogP contribution >= 0.6 is 15.9 Å². The largest absolute Gasteiger partial charge is 0.393 e. The normalized spacial score (nSPS) is 22.4. The molecule has 6 heteroatoms. The van der Waals surface area contributed by atoms with Crippen molar-refractivity contribution in [2.24, 2.45) is 0 Å². The Morgan fingerprint density at radius 1 is 1.38 bits per heavy atom. The number of hydrogen-bond acceptors (Lipinski definition) is 3. The van der Waals surface area contributed by atoms with Crippen molar-refractivity contribution in [1.82, 2.24) is 14.5 Å². The Hall–Kier alpha value is -1.66. The highest BCUT2D eigenvalue weighted by atomic mass is 79.9. The number of rotatable bonds is 1. The average Bonchev–Trinajstić information content (AvgIpc) is 3.01. The van der Waals surface area contributed by atoms with Crippen LogP contribution in [0.4, 0.5) is 0 Å². The third-order valence-corrected chi connectivity index (χ3v) is 4.74. The Kier molecular flexibility index (Phi) is 2.90. The van der Waals surface area contributed by atoms with Gasteiger partial charge < -0.3 is 10.1 Å². The maximum Gasteiger partial charge on any atom is 0.326 e. The van der Waals surface area contributed by atoms with Gasteiger partial charge in [0.1, 0.15) is 0 Å². The lowest BCUT2D eigenvalue weighted by Gasteiger charge is -2.13. The highest BCUT2D eigenvalue weighted by Gasteiger charge is 2.27. The van der Waals surface area contributed by atoms with Crippen molar-refractivity contribution in [3.8, 4) is 0 Å². The molecule has 1 saturated carbocycles. The molecular weight excluding hydrogens is 334 g/mol. The van der Waals surface area contributed by atoms with Crippen LogP contribution in [0.15, 0.2) is 33.7 Å². The Labute approximate surface area is 128 Å². The van der Waals surface area contributed by atoms with Crippen LogP contribution in [0.1, 0.15) is 25.3 Å². The van der Waals surface area contributed by atoms with Crippen molar-refractivity contribution >= 4 is 37.9 Å². The smallest absolute Gasteiger partial charge is 0.326 e.